The third-order valence-corrected chi connectivity index (χ3v) is 4.53. The van der Waals surface area contributed by atoms with Crippen molar-refractivity contribution in [1.82, 2.24) is 15.1 Å². The van der Waals surface area contributed by atoms with Crippen LogP contribution in [0.4, 0.5) is 18.9 Å². The van der Waals surface area contributed by atoms with E-state index in [1.807, 2.05) is 6.20 Å². The molecule has 2 N–H and O–H groups in total. The summed E-state index contributed by atoms with van der Waals surface area (Å²) in [6.07, 6.45) is -0.875. The molecule has 28 heavy (non-hydrogen) atoms. The number of nitrogens with one attached hydrogen (secondary N) is 2. The fourth-order valence-corrected chi connectivity index (χ4v) is 3.20. The zero-order chi connectivity index (χ0) is 20.3. The van der Waals surface area contributed by atoms with Crippen molar-refractivity contribution in [3.63, 3.8) is 0 Å². The molecule has 2 aromatic rings. The number of aryl methyl sites for hydroxylation is 1. The van der Waals surface area contributed by atoms with Gasteiger partial charge in [-0.3, -0.25) is 9.48 Å². The zero-order valence-electron chi connectivity index (χ0n) is 15.4. The van der Waals surface area contributed by atoms with Gasteiger partial charge in [0.05, 0.1) is 19.2 Å². The molecule has 10 heteroatoms. The first-order valence-electron chi connectivity index (χ1n) is 8.64. The molecule has 0 spiro atoms. The van der Waals surface area contributed by atoms with Crippen LogP contribution in [0.5, 0.6) is 11.5 Å². The topological polar surface area (TPSA) is 77.4 Å². The molecule has 2 atom stereocenters. The summed E-state index contributed by atoms with van der Waals surface area (Å²) in [7, 11) is 3.14. The molecule has 3 rings (SSSR count). The van der Waals surface area contributed by atoms with Crippen LogP contribution >= 0.6 is 0 Å². The van der Waals surface area contributed by atoms with Crippen molar-refractivity contribution >= 4 is 11.6 Å². The van der Waals surface area contributed by atoms with Gasteiger partial charge in [-0.25, -0.2) is 0 Å². The number of alkyl halides is 3. The van der Waals surface area contributed by atoms with E-state index in [1.54, 1.807) is 24.0 Å². The van der Waals surface area contributed by atoms with Gasteiger partial charge < -0.3 is 20.1 Å². The Morgan fingerprint density at radius 1 is 1.36 bits per heavy atom. The first kappa shape index (κ1) is 20.0. The van der Waals surface area contributed by atoms with Crippen molar-refractivity contribution in [1.29, 1.82) is 0 Å². The molecule has 152 valence electrons. The number of ether oxygens (including phenoxy) is 2. The van der Waals surface area contributed by atoms with Gasteiger partial charge in [0.15, 0.2) is 18.1 Å². The van der Waals surface area contributed by atoms with Gasteiger partial charge in [-0.15, -0.1) is 0 Å². The summed E-state index contributed by atoms with van der Waals surface area (Å²) in [5, 5.41) is 10.1. The van der Waals surface area contributed by atoms with E-state index >= 15 is 0 Å². The van der Waals surface area contributed by atoms with E-state index < -0.39 is 12.8 Å². The largest absolute Gasteiger partial charge is 0.493 e. The Balaban J connectivity index is 1.72. The lowest BCUT2D eigenvalue weighted by molar-refractivity contribution is -0.153. The van der Waals surface area contributed by atoms with E-state index in [-0.39, 0.29) is 29.2 Å². The number of halogens is 3. The number of anilines is 1. The summed E-state index contributed by atoms with van der Waals surface area (Å²) in [5.74, 6) is -0.534. The van der Waals surface area contributed by atoms with E-state index in [4.69, 9.17) is 9.47 Å². The maximum atomic E-state index is 12.8. The molecule has 1 aromatic carbocycles. The Morgan fingerprint density at radius 3 is 2.79 bits per heavy atom. The number of methoxy groups -OCH3 is 1. The van der Waals surface area contributed by atoms with Gasteiger partial charge >= 0.3 is 6.18 Å². The van der Waals surface area contributed by atoms with Crippen LogP contribution in [0.2, 0.25) is 0 Å². The van der Waals surface area contributed by atoms with E-state index in [0.29, 0.717) is 18.8 Å². The molecule has 0 radical (unpaired) electrons. The van der Waals surface area contributed by atoms with Crippen LogP contribution in [0.25, 0.3) is 0 Å². The number of nitrogens with zero attached hydrogens (tertiary/aromatic N) is 2. The molecule has 0 saturated carbocycles. The molecule has 0 unspecified atom stereocenters. The van der Waals surface area contributed by atoms with Crippen molar-refractivity contribution in [3.8, 4) is 11.5 Å². The maximum absolute atomic E-state index is 12.8. The van der Waals surface area contributed by atoms with Gasteiger partial charge in [-0.2, -0.15) is 18.3 Å². The van der Waals surface area contributed by atoms with Crippen LogP contribution in [-0.4, -0.2) is 48.7 Å². The highest BCUT2D eigenvalue weighted by Gasteiger charge is 2.35. The highest BCUT2D eigenvalue weighted by molar-refractivity contribution is 5.94. The Labute approximate surface area is 159 Å². The number of carbonyl (C=O) groups excluding carboxylic acids is 1. The van der Waals surface area contributed by atoms with Gasteiger partial charge in [-0.1, -0.05) is 0 Å². The number of hydrogen-bond donors (Lipinski definition) is 2. The molecule has 7 nitrogen and oxygen atoms in total. The minimum Gasteiger partial charge on any atom is -0.493 e. The summed E-state index contributed by atoms with van der Waals surface area (Å²) < 4.78 is 48.9. The normalized spacial score (nSPS) is 19.5. The Kier molecular flexibility index (Phi) is 5.78. The van der Waals surface area contributed by atoms with Crippen molar-refractivity contribution in [2.45, 2.75) is 12.1 Å². The molecule has 0 bridgehead atoms. The fraction of sp³-hybridized carbons (Fsp3) is 0.444. The number of amides is 1. The SMILES string of the molecule is COc1ccc(NC(=O)[C@H]2CNC[C@@H]2c2cnn(C)c2)cc1OCC(F)(F)F. The van der Waals surface area contributed by atoms with Gasteiger partial charge in [0, 0.05) is 44.0 Å². The summed E-state index contributed by atoms with van der Waals surface area (Å²) in [5.41, 5.74) is 1.29. The number of aromatic nitrogens is 2. The molecule has 2 heterocycles. The molecule has 1 amide bonds. The predicted octanol–water partition coefficient (Wildman–Crippen LogP) is 2.31. The monoisotopic (exact) mass is 398 g/mol. The molecule has 1 aliphatic rings. The van der Waals surface area contributed by atoms with Crippen molar-refractivity contribution < 1.29 is 27.4 Å². The summed E-state index contributed by atoms with van der Waals surface area (Å²) >= 11 is 0. The van der Waals surface area contributed by atoms with Crippen LogP contribution in [0.1, 0.15) is 11.5 Å². The third kappa shape index (κ3) is 4.75. The fourth-order valence-electron chi connectivity index (χ4n) is 3.20. The summed E-state index contributed by atoms with van der Waals surface area (Å²) in [6, 6.07) is 4.33. The van der Waals surface area contributed by atoms with Crippen LogP contribution in [-0.2, 0) is 11.8 Å². The second-order valence-corrected chi connectivity index (χ2v) is 6.58. The lowest BCUT2D eigenvalue weighted by atomic mass is 9.90. The highest BCUT2D eigenvalue weighted by Crippen LogP contribution is 2.33. The summed E-state index contributed by atoms with van der Waals surface area (Å²) in [6.45, 7) is -0.304. The Hall–Kier alpha value is -2.75. The van der Waals surface area contributed by atoms with Crippen LogP contribution in [0.3, 0.4) is 0 Å². The van der Waals surface area contributed by atoms with Crippen molar-refractivity contribution in [2.24, 2.45) is 13.0 Å². The number of benzene rings is 1. The molecular formula is C18H21F3N4O3. The minimum absolute atomic E-state index is 0.0344. The predicted molar refractivity (Wildman–Crippen MR) is 95.5 cm³/mol. The van der Waals surface area contributed by atoms with E-state index in [1.165, 1.54) is 19.2 Å². The smallest absolute Gasteiger partial charge is 0.422 e. The molecule has 0 aliphatic carbocycles. The second kappa shape index (κ2) is 8.09. The average molecular weight is 398 g/mol. The lowest BCUT2D eigenvalue weighted by Crippen LogP contribution is -2.28. The van der Waals surface area contributed by atoms with Crippen molar-refractivity contribution in [2.75, 3.05) is 32.1 Å². The van der Waals surface area contributed by atoms with E-state index in [2.05, 4.69) is 15.7 Å². The first-order chi connectivity index (χ1) is 13.3. The second-order valence-electron chi connectivity index (χ2n) is 6.58. The van der Waals surface area contributed by atoms with Crippen LogP contribution in [0, 0.1) is 5.92 Å². The lowest BCUT2D eigenvalue weighted by Gasteiger charge is -2.18. The quantitative estimate of drug-likeness (QED) is 0.781. The maximum Gasteiger partial charge on any atom is 0.422 e. The Morgan fingerprint density at radius 2 is 2.14 bits per heavy atom. The number of rotatable bonds is 6. The number of carbonyl (C=O) groups is 1. The molecule has 1 aliphatic heterocycles. The summed E-state index contributed by atoms with van der Waals surface area (Å²) in [4.78, 5) is 12.8. The zero-order valence-corrected chi connectivity index (χ0v) is 15.4. The first-order valence-corrected chi connectivity index (χ1v) is 8.64. The molecule has 1 aromatic heterocycles. The van der Waals surface area contributed by atoms with Gasteiger partial charge in [0.25, 0.3) is 0 Å². The van der Waals surface area contributed by atoms with Crippen LogP contribution in [0.15, 0.2) is 30.6 Å². The molecular weight excluding hydrogens is 377 g/mol. The van der Waals surface area contributed by atoms with Gasteiger partial charge in [0.1, 0.15) is 0 Å². The Bertz CT molecular complexity index is 838. The molecule has 1 saturated heterocycles. The standard InChI is InChI=1S/C18H21F3N4O3/c1-25-9-11(6-23-25)13-7-22-8-14(13)17(26)24-12-3-4-15(27-2)16(5-12)28-10-18(19,20)21/h3-6,9,13-14,22H,7-8,10H2,1-2H3,(H,24,26)/t13-,14+/m1/s1. The van der Waals surface area contributed by atoms with Gasteiger partial charge in [0.2, 0.25) is 5.91 Å². The molecule has 1 fully saturated rings. The minimum atomic E-state index is -4.48. The van der Waals surface area contributed by atoms with Crippen LogP contribution < -0.4 is 20.1 Å². The average Bonchev–Trinajstić information content (AvgIpc) is 3.28. The van der Waals surface area contributed by atoms with E-state index in [0.717, 1.165) is 5.56 Å². The third-order valence-electron chi connectivity index (χ3n) is 4.53. The van der Waals surface area contributed by atoms with Crippen molar-refractivity contribution in [3.05, 3.63) is 36.2 Å². The number of hydrogen-bond acceptors (Lipinski definition) is 5. The van der Waals surface area contributed by atoms with Gasteiger partial charge in [-0.05, 0) is 17.7 Å². The highest BCUT2D eigenvalue weighted by atomic mass is 19.4. The van der Waals surface area contributed by atoms with E-state index in [9.17, 15) is 18.0 Å².